The van der Waals surface area contributed by atoms with Crippen LogP contribution < -0.4 is 0 Å². The van der Waals surface area contributed by atoms with E-state index >= 15 is 0 Å². The van der Waals surface area contributed by atoms with Gasteiger partial charge in [-0.05, 0) is 6.42 Å². The van der Waals surface area contributed by atoms with Crippen molar-refractivity contribution in [2.24, 2.45) is 0 Å². The molecular formula is C8H18O2Si. The van der Waals surface area contributed by atoms with E-state index in [-0.39, 0.29) is 6.61 Å². The van der Waals surface area contributed by atoms with Gasteiger partial charge in [0, 0.05) is 0 Å². The SMILES string of the molecule is C=C(C[C@H](O)CO)[Si](C)(C)C. The Labute approximate surface area is 69.6 Å². The van der Waals surface area contributed by atoms with E-state index in [1.807, 2.05) is 0 Å². The number of aliphatic hydroxyl groups excluding tert-OH is 2. The molecule has 0 spiro atoms. The van der Waals surface area contributed by atoms with Crippen LogP contribution in [0.25, 0.3) is 0 Å². The van der Waals surface area contributed by atoms with Crippen molar-refractivity contribution < 1.29 is 10.2 Å². The third-order valence-corrected chi connectivity index (χ3v) is 4.08. The summed E-state index contributed by atoms with van der Waals surface area (Å²) in [6.45, 7) is 10.3. The van der Waals surface area contributed by atoms with E-state index in [1.54, 1.807) is 0 Å². The summed E-state index contributed by atoms with van der Waals surface area (Å²) >= 11 is 0. The molecule has 2 N–H and O–H groups in total. The predicted molar refractivity (Wildman–Crippen MR) is 50.2 cm³/mol. The normalized spacial score (nSPS) is 14.6. The fraction of sp³-hybridized carbons (Fsp3) is 0.750. The third-order valence-electron chi connectivity index (χ3n) is 1.75. The summed E-state index contributed by atoms with van der Waals surface area (Å²) in [6, 6.07) is 0. The van der Waals surface area contributed by atoms with Gasteiger partial charge in [-0.25, -0.2) is 0 Å². The highest BCUT2D eigenvalue weighted by Crippen LogP contribution is 2.17. The zero-order valence-corrected chi connectivity index (χ0v) is 8.59. The lowest BCUT2D eigenvalue weighted by Gasteiger charge is -2.21. The molecule has 0 unspecified atom stereocenters. The minimum absolute atomic E-state index is 0.163. The molecule has 0 amide bonds. The minimum atomic E-state index is -1.31. The van der Waals surface area contributed by atoms with E-state index in [4.69, 9.17) is 10.2 Å². The molecule has 11 heavy (non-hydrogen) atoms. The Morgan fingerprint density at radius 2 is 1.91 bits per heavy atom. The highest BCUT2D eigenvalue weighted by molar-refractivity contribution is 6.82. The topological polar surface area (TPSA) is 40.5 Å². The Kier molecular flexibility index (Phi) is 4.00. The second-order valence-corrected chi connectivity index (χ2v) is 9.10. The highest BCUT2D eigenvalue weighted by atomic mass is 28.3. The Balaban J connectivity index is 3.88. The highest BCUT2D eigenvalue weighted by Gasteiger charge is 2.19. The van der Waals surface area contributed by atoms with Crippen LogP contribution in [-0.4, -0.2) is 31.0 Å². The summed E-state index contributed by atoms with van der Waals surface area (Å²) in [5, 5.41) is 18.8. The second-order valence-electron chi connectivity index (χ2n) is 3.89. The van der Waals surface area contributed by atoms with Crippen LogP contribution in [0.15, 0.2) is 11.8 Å². The van der Waals surface area contributed by atoms with Crippen LogP contribution in [-0.2, 0) is 0 Å². The molecule has 0 saturated carbocycles. The van der Waals surface area contributed by atoms with Crippen LogP contribution in [0.3, 0.4) is 0 Å². The largest absolute Gasteiger partial charge is 0.394 e. The quantitative estimate of drug-likeness (QED) is 0.628. The maximum Gasteiger partial charge on any atom is 0.0804 e. The smallest absolute Gasteiger partial charge is 0.0804 e. The summed E-state index contributed by atoms with van der Waals surface area (Å²) in [5.41, 5.74) is 0. The lowest BCUT2D eigenvalue weighted by molar-refractivity contribution is 0.0966. The molecule has 0 aromatic carbocycles. The first-order valence-corrected chi connectivity index (χ1v) is 7.35. The predicted octanol–water partition coefficient (Wildman–Crippen LogP) is 1.16. The van der Waals surface area contributed by atoms with Crippen molar-refractivity contribution in [2.75, 3.05) is 6.61 Å². The van der Waals surface area contributed by atoms with Crippen molar-refractivity contribution in [1.82, 2.24) is 0 Å². The van der Waals surface area contributed by atoms with Gasteiger partial charge < -0.3 is 10.2 Å². The molecule has 0 aromatic heterocycles. The Morgan fingerprint density at radius 3 is 2.18 bits per heavy atom. The van der Waals surface area contributed by atoms with Crippen molar-refractivity contribution in [3.8, 4) is 0 Å². The average Bonchev–Trinajstić information content (AvgIpc) is 1.85. The van der Waals surface area contributed by atoms with E-state index in [0.717, 1.165) is 5.20 Å². The molecule has 0 bridgehead atoms. The van der Waals surface area contributed by atoms with Crippen molar-refractivity contribution in [3.63, 3.8) is 0 Å². The molecule has 2 nitrogen and oxygen atoms in total. The fourth-order valence-electron chi connectivity index (χ4n) is 0.655. The van der Waals surface area contributed by atoms with E-state index in [9.17, 15) is 0 Å². The van der Waals surface area contributed by atoms with Gasteiger partial charge in [-0.2, -0.15) is 0 Å². The number of aliphatic hydroxyl groups is 2. The van der Waals surface area contributed by atoms with Crippen LogP contribution in [0, 0.1) is 0 Å². The Hall–Kier alpha value is -0.123. The summed E-state index contributed by atoms with van der Waals surface area (Å²) in [5.74, 6) is 0. The molecule has 0 rings (SSSR count). The van der Waals surface area contributed by atoms with Crippen LogP contribution in [0.4, 0.5) is 0 Å². The second kappa shape index (κ2) is 4.04. The van der Waals surface area contributed by atoms with Crippen LogP contribution in [0.5, 0.6) is 0 Å². The molecule has 3 heteroatoms. The minimum Gasteiger partial charge on any atom is -0.394 e. The number of hydrogen-bond acceptors (Lipinski definition) is 2. The molecule has 0 radical (unpaired) electrons. The summed E-state index contributed by atoms with van der Waals surface area (Å²) in [4.78, 5) is 0. The molecule has 0 saturated heterocycles. The van der Waals surface area contributed by atoms with Gasteiger partial charge in [-0.1, -0.05) is 24.8 Å². The van der Waals surface area contributed by atoms with Crippen LogP contribution in [0.1, 0.15) is 6.42 Å². The summed E-state index contributed by atoms with van der Waals surface area (Å²) in [6.07, 6.45) is -0.0686. The van der Waals surface area contributed by atoms with E-state index < -0.39 is 14.2 Å². The van der Waals surface area contributed by atoms with Crippen LogP contribution in [0.2, 0.25) is 19.6 Å². The van der Waals surface area contributed by atoms with Crippen molar-refractivity contribution >= 4 is 8.07 Å². The molecule has 0 heterocycles. The molecular weight excluding hydrogens is 156 g/mol. The molecule has 0 aliphatic carbocycles. The lowest BCUT2D eigenvalue weighted by atomic mass is 10.3. The molecule has 1 atom stereocenters. The molecule has 66 valence electrons. The zero-order chi connectivity index (χ0) is 9.07. The van der Waals surface area contributed by atoms with Gasteiger partial charge >= 0.3 is 0 Å². The monoisotopic (exact) mass is 174 g/mol. The summed E-state index contributed by atoms with van der Waals surface area (Å²) in [7, 11) is -1.31. The standard InChI is InChI=1S/C8H18O2Si/c1-7(11(2,3)4)5-8(10)6-9/h8-10H,1,5-6H2,2-4H3/t8-/m0/s1. The number of rotatable bonds is 4. The first kappa shape index (κ1) is 10.9. The van der Waals surface area contributed by atoms with Gasteiger partial charge in [0.15, 0.2) is 0 Å². The molecule has 0 aliphatic rings. The first-order valence-electron chi connectivity index (χ1n) is 3.85. The van der Waals surface area contributed by atoms with Gasteiger partial charge in [-0.15, -0.1) is 6.58 Å². The van der Waals surface area contributed by atoms with Crippen LogP contribution >= 0.6 is 0 Å². The van der Waals surface area contributed by atoms with Crippen molar-refractivity contribution in [2.45, 2.75) is 32.2 Å². The van der Waals surface area contributed by atoms with Gasteiger partial charge in [0.2, 0.25) is 0 Å². The molecule has 0 fully saturated rings. The number of hydrogen-bond donors (Lipinski definition) is 2. The van der Waals surface area contributed by atoms with Gasteiger partial charge in [0.05, 0.1) is 20.8 Å². The lowest BCUT2D eigenvalue weighted by Crippen LogP contribution is -2.27. The van der Waals surface area contributed by atoms with Gasteiger partial charge in [-0.3, -0.25) is 0 Å². The van der Waals surface area contributed by atoms with E-state index in [0.29, 0.717) is 6.42 Å². The van der Waals surface area contributed by atoms with E-state index in [2.05, 4.69) is 26.2 Å². The Morgan fingerprint density at radius 1 is 1.45 bits per heavy atom. The molecule has 0 aliphatic heterocycles. The maximum absolute atomic E-state index is 9.10. The maximum atomic E-state index is 9.10. The van der Waals surface area contributed by atoms with Crippen molar-refractivity contribution in [1.29, 1.82) is 0 Å². The van der Waals surface area contributed by atoms with Gasteiger partial charge in [0.25, 0.3) is 0 Å². The van der Waals surface area contributed by atoms with Crippen molar-refractivity contribution in [3.05, 3.63) is 11.8 Å². The first-order chi connectivity index (χ1) is 4.88. The summed E-state index contributed by atoms with van der Waals surface area (Å²) < 4.78 is 0. The zero-order valence-electron chi connectivity index (χ0n) is 7.59. The van der Waals surface area contributed by atoms with E-state index in [1.165, 1.54) is 0 Å². The average molecular weight is 174 g/mol. The Bertz CT molecular complexity index is 138. The third kappa shape index (κ3) is 4.34. The molecule has 0 aromatic rings. The fourth-order valence-corrected chi connectivity index (χ4v) is 1.50. The van der Waals surface area contributed by atoms with Gasteiger partial charge in [0.1, 0.15) is 0 Å².